The molecular weight excluding hydrogens is 314 g/mol. The van der Waals surface area contributed by atoms with Gasteiger partial charge in [-0.15, -0.1) is 0 Å². The smallest absolute Gasteiger partial charge is 0.225 e. The number of benzene rings is 2. The molecule has 0 radical (unpaired) electrons. The molecule has 122 valence electrons. The monoisotopic (exact) mass is 333 g/mol. The summed E-state index contributed by atoms with van der Waals surface area (Å²) in [6.07, 6.45) is -0.0945. The van der Waals surface area contributed by atoms with Gasteiger partial charge in [0.1, 0.15) is 5.75 Å². The number of ether oxygens (including phenoxy) is 1. The van der Waals surface area contributed by atoms with E-state index >= 15 is 0 Å². The summed E-state index contributed by atoms with van der Waals surface area (Å²) >= 11 is 0. The molecule has 0 heterocycles. The van der Waals surface area contributed by atoms with Crippen molar-refractivity contribution >= 4 is 21.4 Å². The summed E-state index contributed by atoms with van der Waals surface area (Å²) in [6.45, 7) is 1.88. The van der Waals surface area contributed by atoms with E-state index in [0.717, 1.165) is 5.56 Å². The molecule has 0 fully saturated rings. The van der Waals surface area contributed by atoms with Crippen molar-refractivity contribution in [1.29, 1.82) is 0 Å². The molecule has 0 unspecified atom stereocenters. The van der Waals surface area contributed by atoms with E-state index < -0.39 is 9.84 Å². The summed E-state index contributed by atoms with van der Waals surface area (Å²) in [5, 5.41) is 2.73. The highest BCUT2D eigenvalue weighted by Gasteiger charge is 2.17. The third-order valence-corrected chi connectivity index (χ3v) is 5.17. The Morgan fingerprint density at radius 1 is 1.09 bits per heavy atom. The second kappa shape index (κ2) is 7.28. The van der Waals surface area contributed by atoms with Crippen LogP contribution in [0.1, 0.15) is 12.0 Å². The zero-order valence-corrected chi connectivity index (χ0v) is 13.9. The zero-order chi connectivity index (χ0) is 16.9. The van der Waals surface area contributed by atoms with Gasteiger partial charge in [0.25, 0.3) is 0 Å². The van der Waals surface area contributed by atoms with Gasteiger partial charge in [-0.1, -0.05) is 18.2 Å². The number of carbonyl (C=O) groups excluding carboxylic acids is 1. The fourth-order valence-electron chi connectivity index (χ4n) is 2.05. The normalized spacial score (nSPS) is 11.0. The lowest BCUT2D eigenvalue weighted by atomic mass is 10.2. The van der Waals surface area contributed by atoms with Crippen LogP contribution in [0.15, 0.2) is 53.4 Å². The highest BCUT2D eigenvalue weighted by atomic mass is 32.2. The standard InChI is InChI=1S/C17H19NO4S/c1-13-5-3-4-6-16(13)18-17(19)11-12-23(20,21)15-9-7-14(22-2)8-10-15/h3-10H,11-12H2,1-2H3,(H,18,19). The van der Waals surface area contributed by atoms with Crippen molar-refractivity contribution in [2.24, 2.45) is 0 Å². The molecule has 0 aliphatic rings. The average molecular weight is 333 g/mol. The quantitative estimate of drug-likeness (QED) is 0.882. The van der Waals surface area contributed by atoms with Crippen LogP contribution in [0, 0.1) is 6.92 Å². The molecule has 0 aliphatic carbocycles. The molecule has 1 N–H and O–H groups in total. The second-order valence-electron chi connectivity index (χ2n) is 5.11. The molecule has 1 amide bonds. The topological polar surface area (TPSA) is 72.5 Å². The third-order valence-electron chi connectivity index (χ3n) is 3.44. The number of hydrogen-bond donors (Lipinski definition) is 1. The van der Waals surface area contributed by atoms with Crippen LogP contribution >= 0.6 is 0 Å². The molecule has 5 nitrogen and oxygen atoms in total. The minimum absolute atomic E-state index is 0.0945. The van der Waals surface area contributed by atoms with E-state index in [2.05, 4.69) is 5.32 Å². The average Bonchev–Trinajstić information content (AvgIpc) is 2.55. The Hall–Kier alpha value is -2.34. The van der Waals surface area contributed by atoms with E-state index in [-0.39, 0.29) is 23.0 Å². The number of rotatable bonds is 6. The van der Waals surface area contributed by atoms with Crippen LogP contribution in [0.25, 0.3) is 0 Å². The zero-order valence-electron chi connectivity index (χ0n) is 13.1. The van der Waals surface area contributed by atoms with Crippen molar-refractivity contribution in [2.75, 3.05) is 18.2 Å². The number of para-hydroxylation sites is 1. The van der Waals surface area contributed by atoms with Crippen LogP contribution in [-0.2, 0) is 14.6 Å². The first-order valence-corrected chi connectivity index (χ1v) is 8.80. The Morgan fingerprint density at radius 3 is 2.35 bits per heavy atom. The molecule has 2 aromatic carbocycles. The molecule has 2 aromatic rings. The predicted molar refractivity (Wildman–Crippen MR) is 89.5 cm³/mol. The molecule has 0 bridgehead atoms. The number of anilines is 1. The summed E-state index contributed by atoms with van der Waals surface area (Å²) in [5.74, 6) is 0.0227. The predicted octanol–water partition coefficient (Wildman–Crippen LogP) is 2.81. The molecule has 0 aromatic heterocycles. The van der Waals surface area contributed by atoms with Crippen LogP contribution in [0.3, 0.4) is 0 Å². The Balaban J connectivity index is 1.98. The van der Waals surface area contributed by atoms with Gasteiger partial charge in [-0.05, 0) is 42.8 Å². The third kappa shape index (κ3) is 4.56. The molecule has 23 heavy (non-hydrogen) atoms. The number of hydrogen-bond acceptors (Lipinski definition) is 4. The highest BCUT2D eigenvalue weighted by Crippen LogP contribution is 2.18. The Kier molecular flexibility index (Phi) is 5.39. The molecule has 0 aliphatic heterocycles. The van der Waals surface area contributed by atoms with Gasteiger partial charge in [0.2, 0.25) is 5.91 Å². The lowest BCUT2D eigenvalue weighted by Gasteiger charge is -2.09. The maximum absolute atomic E-state index is 12.2. The number of nitrogens with one attached hydrogen (secondary N) is 1. The first kappa shape index (κ1) is 17.0. The Labute approximate surface area is 136 Å². The van der Waals surface area contributed by atoms with E-state index in [9.17, 15) is 13.2 Å². The van der Waals surface area contributed by atoms with Crippen LogP contribution in [0.5, 0.6) is 5.75 Å². The van der Waals surface area contributed by atoms with E-state index in [1.807, 2.05) is 25.1 Å². The van der Waals surface area contributed by atoms with Gasteiger partial charge in [-0.3, -0.25) is 4.79 Å². The van der Waals surface area contributed by atoms with Gasteiger partial charge in [-0.25, -0.2) is 8.42 Å². The summed E-state index contributed by atoms with van der Waals surface area (Å²) < 4.78 is 29.5. The van der Waals surface area contributed by atoms with Gasteiger partial charge >= 0.3 is 0 Å². The number of sulfone groups is 1. The maximum Gasteiger partial charge on any atom is 0.225 e. The SMILES string of the molecule is COc1ccc(S(=O)(=O)CCC(=O)Nc2ccccc2C)cc1. The van der Waals surface area contributed by atoms with E-state index in [1.54, 1.807) is 18.2 Å². The summed E-state index contributed by atoms with van der Waals surface area (Å²) in [5.41, 5.74) is 1.62. The van der Waals surface area contributed by atoms with Crippen molar-refractivity contribution < 1.29 is 17.9 Å². The Bertz CT molecular complexity index is 782. The molecule has 0 atom stereocenters. The van der Waals surface area contributed by atoms with Crippen molar-refractivity contribution in [3.63, 3.8) is 0 Å². The van der Waals surface area contributed by atoms with Crippen LogP contribution < -0.4 is 10.1 Å². The largest absolute Gasteiger partial charge is 0.497 e. The van der Waals surface area contributed by atoms with Crippen LogP contribution in [0.2, 0.25) is 0 Å². The molecule has 0 spiro atoms. The van der Waals surface area contributed by atoms with E-state index in [4.69, 9.17) is 4.74 Å². The summed E-state index contributed by atoms with van der Waals surface area (Å²) in [4.78, 5) is 12.1. The number of amides is 1. The number of carbonyl (C=O) groups is 1. The summed E-state index contributed by atoms with van der Waals surface area (Å²) in [6, 6.07) is 13.5. The lowest BCUT2D eigenvalue weighted by molar-refractivity contribution is -0.115. The fourth-order valence-corrected chi connectivity index (χ4v) is 3.29. The van der Waals surface area contributed by atoms with Crippen molar-refractivity contribution in [2.45, 2.75) is 18.2 Å². The summed E-state index contributed by atoms with van der Waals surface area (Å²) in [7, 11) is -1.99. The first-order chi connectivity index (χ1) is 10.9. The number of aryl methyl sites for hydroxylation is 1. The van der Waals surface area contributed by atoms with Crippen molar-refractivity contribution in [3.8, 4) is 5.75 Å². The first-order valence-electron chi connectivity index (χ1n) is 7.14. The molecule has 0 saturated heterocycles. The van der Waals surface area contributed by atoms with Gasteiger partial charge in [-0.2, -0.15) is 0 Å². The second-order valence-corrected chi connectivity index (χ2v) is 7.22. The van der Waals surface area contributed by atoms with Gasteiger partial charge in [0.15, 0.2) is 9.84 Å². The minimum Gasteiger partial charge on any atom is -0.497 e. The van der Waals surface area contributed by atoms with Crippen molar-refractivity contribution in [3.05, 3.63) is 54.1 Å². The van der Waals surface area contributed by atoms with Gasteiger partial charge in [0.05, 0.1) is 17.8 Å². The maximum atomic E-state index is 12.2. The van der Waals surface area contributed by atoms with Gasteiger partial charge < -0.3 is 10.1 Å². The molecule has 6 heteroatoms. The number of methoxy groups -OCH3 is 1. The Morgan fingerprint density at radius 2 is 1.74 bits per heavy atom. The minimum atomic E-state index is -3.50. The lowest BCUT2D eigenvalue weighted by Crippen LogP contribution is -2.17. The fraction of sp³-hybridized carbons (Fsp3) is 0.235. The highest BCUT2D eigenvalue weighted by molar-refractivity contribution is 7.91. The van der Waals surface area contributed by atoms with Crippen LogP contribution in [-0.4, -0.2) is 27.2 Å². The molecule has 0 saturated carbocycles. The van der Waals surface area contributed by atoms with Gasteiger partial charge in [0, 0.05) is 12.1 Å². The van der Waals surface area contributed by atoms with E-state index in [0.29, 0.717) is 11.4 Å². The molecular formula is C17H19NO4S. The van der Waals surface area contributed by atoms with Crippen LogP contribution in [0.4, 0.5) is 5.69 Å². The molecule has 2 rings (SSSR count). The van der Waals surface area contributed by atoms with E-state index in [1.165, 1.54) is 19.2 Å². The van der Waals surface area contributed by atoms with Crippen molar-refractivity contribution in [1.82, 2.24) is 0 Å².